The van der Waals surface area contributed by atoms with Gasteiger partial charge >= 0.3 is 5.69 Å². The third-order valence-electron chi connectivity index (χ3n) is 3.18. The lowest BCUT2D eigenvalue weighted by Gasteiger charge is -2.17. The van der Waals surface area contributed by atoms with E-state index in [1.165, 1.54) is 4.90 Å². The van der Waals surface area contributed by atoms with Crippen LogP contribution in [0.25, 0.3) is 0 Å². The quantitative estimate of drug-likeness (QED) is 0.454. The maximum atomic E-state index is 11.5. The standard InChI is InChI=1S/C15H12ClN7O2/c16-12-3-1-11(2-4-12)9-19-14-13(23(24)25)15(21-10-20-14)22(7-5-17)8-6-18/h1-4,10H,7-9H2,(H,19,20,21). The van der Waals surface area contributed by atoms with Crippen LogP contribution in [0.1, 0.15) is 5.56 Å². The van der Waals surface area contributed by atoms with E-state index in [-0.39, 0.29) is 37.0 Å². The first-order valence-electron chi connectivity index (χ1n) is 7.03. The van der Waals surface area contributed by atoms with Crippen molar-refractivity contribution in [2.45, 2.75) is 6.54 Å². The van der Waals surface area contributed by atoms with E-state index in [0.29, 0.717) is 5.02 Å². The first-order chi connectivity index (χ1) is 12.1. The van der Waals surface area contributed by atoms with E-state index in [2.05, 4.69) is 15.3 Å². The van der Waals surface area contributed by atoms with Crippen LogP contribution >= 0.6 is 11.6 Å². The van der Waals surface area contributed by atoms with Crippen molar-refractivity contribution in [3.63, 3.8) is 0 Å². The summed E-state index contributed by atoms with van der Waals surface area (Å²) in [6.45, 7) is -0.130. The summed E-state index contributed by atoms with van der Waals surface area (Å²) in [6, 6.07) is 10.7. The van der Waals surface area contributed by atoms with Gasteiger partial charge in [0, 0.05) is 11.6 Å². The molecule has 1 aromatic carbocycles. The normalized spacial score (nSPS) is 9.72. The van der Waals surface area contributed by atoms with E-state index >= 15 is 0 Å². The minimum absolute atomic E-state index is 0.00540. The molecule has 0 saturated heterocycles. The highest BCUT2D eigenvalue weighted by atomic mass is 35.5. The molecule has 25 heavy (non-hydrogen) atoms. The number of nitrogens with zero attached hydrogens (tertiary/aromatic N) is 6. The Morgan fingerprint density at radius 2 is 1.84 bits per heavy atom. The first-order valence-corrected chi connectivity index (χ1v) is 7.41. The predicted octanol–water partition coefficient (Wildman–Crippen LogP) is 2.50. The molecule has 1 heterocycles. The summed E-state index contributed by atoms with van der Waals surface area (Å²) in [6.07, 6.45) is 1.15. The van der Waals surface area contributed by atoms with Gasteiger partial charge in [-0.05, 0) is 17.7 Å². The topological polar surface area (TPSA) is 132 Å². The van der Waals surface area contributed by atoms with Gasteiger partial charge in [-0.3, -0.25) is 10.1 Å². The molecule has 10 heteroatoms. The monoisotopic (exact) mass is 357 g/mol. The van der Waals surface area contributed by atoms with Crippen molar-refractivity contribution in [3.05, 3.63) is 51.3 Å². The Kier molecular flexibility index (Phi) is 6.04. The van der Waals surface area contributed by atoms with Gasteiger partial charge in [0.2, 0.25) is 11.6 Å². The molecular formula is C15H12ClN7O2. The van der Waals surface area contributed by atoms with Crippen molar-refractivity contribution in [2.24, 2.45) is 0 Å². The average Bonchev–Trinajstić information content (AvgIpc) is 2.60. The lowest BCUT2D eigenvalue weighted by atomic mass is 10.2. The summed E-state index contributed by atoms with van der Waals surface area (Å²) >= 11 is 5.82. The zero-order valence-electron chi connectivity index (χ0n) is 12.9. The molecule has 9 nitrogen and oxygen atoms in total. The third kappa shape index (κ3) is 4.53. The third-order valence-corrected chi connectivity index (χ3v) is 3.43. The van der Waals surface area contributed by atoms with E-state index in [1.54, 1.807) is 24.3 Å². The Morgan fingerprint density at radius 1 is 1.20 bits per heavy atom. The molecule has 0 fully saturated rings. The van der Waals surface area contributed by atoms with Crippen LogP contribution in [0.15, 0.2) is 30.6 Å². The fourth-order valence-corrected chi connectivity index (χ4v) is 2.19. The van der Waals surface area contributed by atoms with Crippen molar-refractivity contribution in [3.8, 4) is 12.1 Å². The summed E-state index contributed by atoms with van der Waals surface area (Å²) in [7, 11) is 0. The van der Waals surface area contributed by atoms with Crippen molar-refractivity contribution < 1.29 is 4.92 Å². The maximum absolute atomic E-state index is 11.5. The smallest absolute Gasteiger partial charge is 0.353 e. The Morgan fingerprint density at radius 3 is 2.40 bits per heavy atom. The van der Waals surface area contributed by atoms with Crippen molar-refractivity contribution in [2.75, 3.05) is 23.3 Å². The fraction of sp³-hybridized carbons (Fsp3) is 0.200. The molecule has 0 bridgehead atoms. The number of hydrogen-bond donors (Lipinski definition) is 1. The highest BCUT2D eigenvalue weighted by molar-refractivity contribution is 6.30. The van der Waals surface area contributed by atoms with Gasteiger partial charge in [-0.15, -0.1) is 0 Å². The molecule has 0 aliphatic heterocycles. The number of anilines is 2. The van der Waals surface area contributed by atoms with Crippen LogP contribution in [-0.2, 0) is 6.54 Å². The van der Waals surface area contributed by atoms with Crippen molar-refractivity contribution in [1.82, 2.24) is 9.97 Å². The minimum atomic E-state index is -0.638. The van der Waals surface area contributed by atoms with Crippen LogP contribution < -0.4 is 10.2 Å². The number of rotatable bonds is 7. The zero-order chi connectivity index (χ0) is 18.2. The van der Waals surface area contributed by atoms with E-state index in [4.69, 9.17) is 22.1 Å². The average molecular weight is 358 g/mol. The molecular weight excluding hydrogens is 346 g/mol. The predicted molar refractivity (Wildman–Crippen MR) is 90.9 cm³/mol. The van der Waals surface area contributed by atoms with Crippen LogP contribution in [0.5, 0.6) is 0 Å². The molecule has 0 saturated carbocycles. The molecule has 0 atom stereocenters. The lowest BCUT2D eigenvalue weighted by Crippen LogP contribution is -2.26. The van der Waals surface area contributed by atoms with Crippen LogP contribution in [0.3, 0.4) is 0 Å². The number of halogens is 1. The van der Waals surface area contributed by atoms with Gasteiger partial charge in [0.25, 0.3) is 0 Å². The van der Waals surface area contributed by atoms with Gasteiger partial charge in [-0.25, -0.2) is 9.97 Å². The van der Waals surface area contributed by atoms with Crippen LogP contribution in [0.4, 0.5) is 17.3 Å². The SMILES string of the molecule is N#CCN(CC#N)c1ncnc(NCc2ccc(Cl)cc2)c1[N+](=O)[O-]. The molecule has 2 aromatic rings. The van der Waals surface area contributed by atoms with Crippen LogP contribution in [0, 0.1) is 32.8 Å². The number of aromatic nitrogens is 2. The molecule has 0 aliphatic rings. The molecule has 0 spiro atoms. The van der Waals surface area contributed by atoms with Gasteiger partial charge < -0.3 is 10.2 Å². The summed E-state index contributed by atoms with van der Waals surface area (Å²) in [5.74, 6) is -0.0764. The molecule has 0 radical (unpaired) electrons. The van der Waals surface area contributed by atoms with Crippen molar-refractivity contribution in [1.29, 1.82) is 10.5 Å². The molecule has 0 aliphatic carbocycles. The van der Waals surface area contributed by atoms with E-state index in [0.717, 1.165) is 11.9 Å². The van der Waals surface area contributed by atoms with Crippen molar-refractivity contribution >= 4 is 28.9 Å². The fourth-order valence-electron chi connectivity index (χ4n) is 2.06. The molecule has 1 aromatic heterocycles. The van der Waals surface area contributed by atoms with E-state index in [1.807, 2.05) is 12.1 Å². The largest absolute Gasteiger partial charge is 0.360 e. The van der Waals surface area contributed by atoms with Gasteiger partial charge in [0.15, 0.2) is 0 Å². The Labute approximate surface area is 148 Å². The highest BCUT2D eigenvalue weighted by Crippen LogP contribution is 2.31. The number of nitrogens with one attached hydrogen (secondary N) is 1. The maximum Gasteiger partial charge on any atom is 0.353 e. The number of hydrogen-bond acceptors (Lipinski definition) is 8. The minimum Gasteiger partial charge on any atom is -0.360 e. The first kappa shape index (κ1) is 17.9. The Bertz CT molecular complexity index is 826. The molecule has 0 unspecified atom stereocenters. The zero-order valence-corrected chi connectivity index (χ0v) is 13.6. The second kappa shape index (κ2) is 8.43. The lowest BCUT2D eigenvalue weighted by molar-refractivity contribution is -0.383. The van der Waals surface area contributed by atoms with Crippen LogP contribution in [0.2, 0.25) is 5.02 Å². The van der Waals surface area contributed by atoms with Gasteiger partial charge in [-0.1, -0.05) is 23.7 Å². The van der Waals surface area contributed by atoms with E-state index < -0.39 is 4.92 Å². The number of benzene rings is 1. The number of nitriles is 2. The summed E-state index contributed by atoms with van der Waals surface area (Å²) in [4.78, 5) is 19.9. The van der Waals surface area contributed by atoms with Gasteiger partial charge in [0.1, 0.15) is 19.4 Å². The molecule has 126 valence electrons. The second-order valence-electron chi connectivity index (χ2n) is 4.80. The van der Waals surface area contributed by atoms with Gasteiger partial charge in [-0.2, -0.15) is 10.5 Å². The Balaban J connectivity index is 2.33. The summed E-state index contributed by atoms with van der Waals surface area (Å²) in [5, 5.41) is 32.7. The number of nitro groups is 1. The molecule has 2 rings (SSSR count). The van der Waals surface area contributed by atoms with Crippen LogP contribution in [-0.4, -0.2) is 28.0 Å². The highest BCUT2D eigenvalue weighted by Gasteiger charge is 2.26. The molecule has 0 amide bonds. The Hall–Kier alpha value is -3.43. The second-order valence-corrected chi connectivity index (χ2v) is 5.24. The van der Waals surface area contributed by atoms with Gasteiger partial charge in [0.05, 0.1) is 17.1 Å². The summed E-state index contributed by atoms with van der Waals surface area (Å²) in [5.41, 5.74) is 0.465. The van der Waals surface area contributed by atoms with E-state index in [9.17, 15) is 10.1 Å². The summed E-state index contributed by atoms with van der Waals surface area (Å²) < 4.78 is 0. The molecule has 1 N–H and O–H groups in total.